The quantitative estimate of drug-likeness (QED) is 0.312. The van der Waals surface area contributed by atoms with Gasteiger partial charge in [-0.2, -0.15) is 0 Å². The van der Waals surface area contributed by atoms with Crippen LogP contribution in [0.5, 0.6) is 5.75 Å². The summed E-state index contributed by atoms with van der Waals surface area (Å²) >= 11 is 0. The van der Waals surface area contributed by atoms with Crippen LogP contribution in [0.3, 0.4) is 0 Å². The Morgan fingerprint density at radius 2 is 1.81 bits per heavy atom. The van der Waals surface area contributed by atoms with Gasteiger partial charge in [-0.1, -0.05) is 18.2 Å². The van der Waals surface area contributed by atoms with Crippen LogP contribution in [-0.4, -0.2) is 31.5 Å². The van der Waals surface area contributed by atoms with Gasteiger partial charge in [0.2, 0.25) is 11.8 Å². The Kier molecular flexibility index (Phi) is 7.16. The second-order valence-corrected chi connectivity index (χ2v) is 8.77. The van der Waals surface area contributed by atoms with E-state index in [-0.39, 0.29) is 19.6 Å². The first kappa shape index (κ1) is 25.1. The average molecular weight is 497 g/mol. The Labute approximate surface area is 206 Å². The molecule has 0 saturated heterocycles. The summed E-state index contributed by atoms with van der Waals surface area (Å²) in [5.74, 6) is -2.59. The number of aryl methyl sites for hydroxylation is 1. The Morgan fingerprint density at radius 3 is 2.42 bits per heavy atom. The van der Waals surface area contributed by atoms with E-state index in [0.29, 0.717) is 28.8 Å². The number of carboxylic acids is 1. The summed E-state index contributed by atoms with van der Waals surface area (Å²) in [5.41, 5.74) is -0.0118. The summed E-state index contributed by atoms with van der Waals surface area (Å²) in [6, 6.07) is 11.7. The zero-order chi connectivity index (χ0) is 25.9. The number of rotatable bonds is 10. The molecule has 36 heavy (non-hydrogen) atoms. The lowest BCUT2D eigenvalue weighted by molar-refractivity contribution is -0.152. The summed E-state index contributed by atoms with van der Waals surface area (Å²) in [7, 11) is 0. The molecule has 2 heterocycles. The molecule has 10 heteroatoms. The zero-order valence-corrected chi connectivity index (χ0v) is 20.0. The fourth-order valence-electron chi connectivity index (χ4n) is 3.54. The van der Waals surface area contributed by atoms with Crippen LogP contribution in [0.15, 0.2) is 63.8 Å². The Bertz CT molecular complexity index is 1310. The van der Waals surface area contributed by atoms with Gasteiger partial charge in [-0.3, -0.25) is 4.90 Å². The third kappa shape index (κ3) is 5.77. The fourth-order valence-corrected chi connectivity index (χ4v) is 3.54. The number of carbonyl (C=O) groups is 1. The number of ether oxygens (including phenoxy) is 1. The molecular formula is C26H25F2N3O5. The topological polar surface area (TPSA) is 102 Å². The molecule has 0 radical (unpaired) electrons. The minimum absolute atomic E-state index is 0.117. The van der Waals surface area contributed by atoms with Gasteiger partial charge < -0.3 is 18.7 Å². The summed E-state index contributed by atoms with van der Waals surface area (Å²) < 4.78 is 45.9. The highest BCUT2D eigenvalue weighted by Crippen LogP contribution is 2.29. The number of hydrogen-bond acceptors (Lipinski definition) is 7. The van der Waals surface area contributed by atoms with Gasteiger partial charge in [0, 0.05) is 18.7 Å². The molecule has 0 aliphatic rings. The van der Waals surface area contributed by atoms with Crippen molar-refractivity contribution in [3.63, 3.8) is 0 Å². The lowest BCUT2D eigenvalue weighted by Gasteiger charge is -2.23. The van der Waals surface area contributed by atoms with Gasteiger partial charge in [0.1, 0.15) is 12.0 Å². The molecule has 0 fully saturated rings. The number of nitrogens with zero attached hydrogens (tertiary/aromatic N) is 3. The largest absolute Gasteiger partial charge is 0.478 e. The van der Waals surface area contributed by atoms with Crippen molar-refractivity contribution in [3.05, 3.63) is 89.5 Å². The van der Waals surface area contributed by atoms with Crippen molar-refractivity contribution in [2.24, 2.45) is 0 Å². The SMILES string of the molecule is Cc1oc(-c2ccccc2)nc1CN(Cc1cc(F)c(OC(C)(C)C(=O)O)c(F)c1)Cc1ncco1. The van der Waals surface area contributed by atoms with E-state index in [9.17, 15) is 18.7 Å². The van der Waals surface area contributed by atoms with Gasteiger partial charge in [-0.15, -0.1) is 0 Å². The van der Waals surface area contributed by atoms with Gasteiger partial charge in [-0.25, -0.2) is 23.5 Å². The molecule has 1 N–H and O–H groups in total. The van der Waals surface area contributed by atoms with E-state index in [1.807, 2.05) is 35.2 Å². The fraction of sp³-hybridized carbons (Fsp3) is 0.269. The molecule has 0 unspecified atom stereocenters. The molecular weight excluding hydrogens is 472 g/mol. The van der Waals surface area contributed by atoms with Crippen molar-refractivity contribution in [2.75, 3.05) is 0 Å². The minimum Gasteiger partial charge on any atom is -0.478 e. The van der Waals surface area contributed by atoms with E-state index in [2.05, 4.69) is 9.97 Å². The third-order valence-corrected chi connectivity index (χ3v) is 5.47. The van der Waals surface area contributed by atoms with Gasteiger partial charge in [0.05, 0.1) is 18.4 Å². The van der Waals surface area contributed by atoms with E-state index < -0.39 is 29.0 Å². The van der Waals surface area contributed by atoms with Crippen molar-refractivity contribution in [1.29, 1.82) is 0 Å². The van der Waals surface area contributed by atoms with E-state index in [4.69, 9.17) is 13.6 Å². The number of halogens is 2. The van der Waals surface area contributed by atoms with Crippen molar-refractivity contribution in [3.8, 4) is 17.2 Å². The molecule has 8 nitrogen and oxygen atoms in total. The molecule has 2 aromatic heterocycles. The van der Waals surface area contributed by atoms with Crippen LogP contribution in [0.4, 0.5) is 8.78 Å². The van der Waals surface area contributed by atoms with E-state index in [1.165, 1.54) is 26.3 Å². The van der Waals surface area contributed by atoms with E-state index in [1.54, 1.807) is 6.92 Å². The highest BCUT2D eigenvalue weighted by molar-refractivity contribution is 5.76. The zero-order valence-electron chi connectivity index (χ0n) is 20.0. The number of hydrogen-bond donors (Lipinski definition) is 1. The number of aliphatic carboxylic acids is 1. The Morgan fingerprint density at radius 1 is 1.11 bits per heavy atom. The molecule has 4 rings (SSSR count). The molecule has 0 aliphatic carbocycles. The Hall–Kier alpha value is -4.05. The highest BCUT2D eigenvalue weighted by atomic mass is 19.1. The lowest BCUT2D eigenvalue weighted by Crippen LogP contribution is -2.38. The molecule has 2 aromatic carbocycles. The number of benzene rings is 2. The first-order valence-electron chi connectivity index (χ1n) is 11.1. The summed E-state index contributed by atoms with van der Waals surface area (Å²) in [4.78, 5) is 21.9. The van der Waals surface area contributed by atoms with Crippen LogP contribution in [0.1, 0.15) is 36.8 Å². The summed E-state index contributed by atoms with van der Waals surface area (Å²) in [6.07, 6.45) is 2.95. The predicted octanol–water partition coefficient (Wildman–Crippen LogP) is 5.36. The maximum Gasteiger partial charge on any atom is 0.347 e. The summed E-state index contributed by atoms with van der Waals surface area (Å²) in [5, 5.41) is 9.21. The van der Waals surface area contributed by atoms with Gasteiger partial charge in [0.15, 0.2) is 23.0 Å². The van der Waals surface area contributed by atoms with Crippen LogP contribution in [0.25, 0.3) is 11.5 Å². The normalized spacial score (nSPS) is 11.7. The van der Waals surface area contributed by atoms with Crippen molar-refractivity contribution < 1.29 is 32.3 Å². The van der Waals surface area contributed by atoms with Gasteiger partial charge in [-0.05, 0) is 50.6 Å². The third-order valence-electron chi connectivity index (χ3n) is 5.47. The van der Waals surface area contributed by atoms with Crippen LogP contribution >= 0.6 is 0 Å². The van der Waals surface area contributed by atoms with Crippen LogP contribution in [-0.2, 0) is 24.4 Å². The second kappa shape index (κ2) is 10.3. The first-order chi connectivity index (χ1) is 17.1. The van der Waals surface area contributed by atoms with E-state index >= 15 is 0 Å². The average Bonchev–Trinajstić information content (AvgIpc) is 3.46. The molecule has 0 saturated carbocycles. The second-order valence-electron chi connectivity index (χ2n) is 8.77. The number of carboxylic acid groups (broad SMARTS) is 1. The maximum atomic E-state index is 14.8. The lowest BCUT2D eigenvalue weighted by atomic mass is 10.1. The summed E-state index contributed by atoms with van der Waals surface area (Å²) in [6.45, 7) is 4.87. The minimum atomic E-state index is -1.80. The van der Waals surface area contributed by atoms with Crippen LogP contribution in [0.2, 0.25) is 0 Å². The Balaban J connectivity index is 1.59. The van der Waals surface area contributed by atoms with Crippen LogP contribution in [0, 0.1) is 18.6 Å². The number of aromatic nitrogens is 2. The molecule has 0 atom stereocenters. The number of oxazole rings is 2. The molecule has 4 aromatic rings. The smallest absolute Gasteiger partial charge is 0.347 e. The van der Waals surface area contributed by atoms with Crippen LogP contribution < -0.4 is 4.74 Å². The molecule has 188 valence electrons. The molecule has 0 aliphatic heterocycles. The molecule has 0 amide bonds. The van der Waals surface area contributed by atoms with Crippen molar-refractivity contribution >= 4 is 5.97 Å². The maximum absolute atomic E-state index is 14.8. The van der Waals surface area contributed by atoms with E-state index in [0.717, 1.165) is 17.7 Å². The molecule has 0 spiro atoms. The predicted molar refractivity (Wildman–Crippen MR) is 125 cm³/mol. The van der Waals surface area contributed by atoms with Crippen molar-refractivity contribution in [1.82, 2.24) is 14.9 Å². The highest BCUT2D eigenvalue weighted by Gasteiger charge is 2.32. The first-order valence-corrected chi connectivity index (χ1v) is 11.1. The molecule has 0 bridgehead atoms. The van der Waals surface area contributed by atoms with Gasteiger partial charge >= 0.3 is 5.97 Å². The standard InChI is InChI=1S/C26H25F2N3O5/c1-16-21(30-24(35-16)18-7-5-4-6-8-18)14-31(15-22-29-9-10-34-22)13-17-11-19(27)23(20(28)12-17)36-26(2,3)25(32)33/h4-12H,13-15H2,1-3H3,(H,32,33). The monoisotopic (exact) mass is 497 g/mol. The van der Waals surface area contributed by atoms with Gasteiger partial charge in [0.25, 0.3) is 0 Å². The van der Waals surface area contributed by atoms with Crippen molar-refractivity contribution in [2.45, 2.75) is 46.0 Å².